The average molecular weight is 343 g/mol. The van der Waals surface area contributed by atoms with E-state index in [1.165, 1.54) is 10.9 Å². The molecule has 0 atom stereocenters. The van der Waals surface area contributed by atoms with Crippen LogP contribution < -0.4 is 5.32 Å². The topological polar surface area (TPSA) is 85.4 Å². The first-order valence-corrected chi connectivity index (χ1v) is 8.98. The van der Waals surface area contributed by atoms with Crippen LogP contribution in [0.1, 0.15) is 43.4 Å². The number of unbranched alkanes of at least 4 members (excludes halogenated alkanes) is 3. The molecule has 25 heavy (non-hydrogen) atoms. The number of aromatic nitrogens is 1. The van der Waals surface area contributed by atoms with Crippen LogP contribution in [0.5, 0.6) is 0 Å². The summed E-state index contributed by atoms with van der Waals surface area (Å²) in [5.41, 5.74) is 3.60. The van der Waals surface area contributed by atoms with Crippen LogP contribution in [0.25, 0.3) is 10.9 Å². The SMILES string of the molecule is O=C(O)CCCCCCNC(=O)N1CCc2c([nH]c3ccccc23)C1. The average Bonchev–Trinajstić information content (AvgIpc) is 2.98. The Morgan fingerprint density at radius 3 is 2.80 bits per heavy atom. The molecule has 3 rings (SSSR count). The second-order valence-corrected chi connectivity index (χ2v) is 6.59. The van der Waals surface area contributed by atoms with Crippen LogP contribution >= 0.6 is 0 Å². The largest absolute Gasteiger partial charge is 0.481 e. The van der Waals surface area contributed by atoms with E-state index in [0.29, 0.717) is 19.5 Å². The van der Waals surface area contributed by atoms with E-state index in [0.717, 1.165) is 43.4 Å². The number of nitrogens with one attached hydrogen (secondary N) is 2. The van der Waals surface area contributed by atoms with Gasteiger partial charge >= 0.3 is 12.0 Å². The van der Waals surface area contributed by atoms with E-state index in [9.17, 15) is 9.59 Å². The summed E-state index contributed by atoms with van der Waals surface area (Å²) in [6.07, 6.45) is 4.54. The fraction of sp³-hybridized carbons (Fsp3) is 0.474. The number of hydrogen-bond acceptors (Lipinski definition) is 2. The predicted octanol–water partition coefficient (Wildman–Crippen LogP) is 3.27. The van der Waals surface area contributed by atoms with Crippen molar-refractivity contribution in [2.45, 2.75) is 45.1 Å². The molecule has 1 aromatic carbocycles. The fourth-order valence-electron chi connectivity index (χ4n) is 3.43. The van der Waals surface area contributed by atoms with Crippen molar-refractivity contribution in [3.63, 3.8) is 0 Å². The first-order valence-electron chi connectivity index (χ1n) is 8.98. The summed E-state index contributed by atoms with van der Waals surface area (Å²) in [5.74, 6) is -0.741. The lowest BCUT2D eigenvalue weighted by atomic mass is 10.0. The molecule has 134 valence electrons. The zero-order chi connectivity index (χ0) is 17.6. The molecule has 2 heterocycles. The summed E-state index contributed by atoms with van der Waals surface area (Å²) in [6, 6.07) is 8.25. The third-order valence-electron chi connectivity index (χ3n) is 4.76. The highest BCUT2D eigenvalue weighted by atomic mass is 16.4. The van der Waals surface area contributed by atoms with Crippen molar-refractivity contribution in [3.05, 3.63) is 35.5 Å². The minimum absolute atomic E-state index is 0.0187. The number of hydrogen-bond donors (Lipinski definition) is 3. The van der Waals surface area contributed by atoms with Crippen molar-refractivity contribution in [2.75, 3.05) is 13.1 Å². The Morgan fingerprint density at radius 1 is 1.16 bits per heavy atom. The van der Waals surface area contributed by atoms with Gasteiger partial charge < -0.3 is 20.3 Å². The molecule has 0 fully saturated rings. The third kappa shape index (κ3) is 4.32. The molecule has 3 N–H and O–H groups in total. The number of aliphatic carboxylic acids is 1. The van der Waals surface area contributed by atoms with Gasteiger partial charge in [0.1, 0.15) is 0 Å². The molecule has 6 heteroatoms. The van der Waals surface area contributed by atoms with Gasteiger partial charge in [0, 0.05) is 36.1 Å². The van der Waals surface area contributed by atoms with Crippen LogP contribution in [0.4, 0.5) is 4.79 Å². The molecule has 0 saturated carbocycles. The lowest BCUT2D eigenvalue weighted by Gasteiger charge is -2.27. The molecule has 2 amide bonds. The van der Waals surface area contributed by atoms with Crippen LogP contribution in [0, 0.1) is 0 Å². The van der Waals surface area contributed by atoms with Gasteiger partial charge in [0.05, 0.1) is 6.54 Å². The van der Waals surface area contributed by atoms with Gasteiger partial charge in [-0.2, -0.15) is 0 Å². The van der Waals surface area contributed by atoms with Crippen molar-refractivity contribution < 1.29 is 14.7 Å². The van der Waals surface area contributed by atoms with Gasteiger partial charge in [-0.15, -0.1) is 0 Å². The molecule has 1 aliphatic heterocycles. The molecule has 0 spiro atoms. The summed E-state index contributed by atoms with van der Waals surface area (Å²) in [6.45, 7) is 2.00. The number of nitrogens with zero attached hydrogens (tertiary/aromatic N) is 1. The zero-order valence-electron chi connectivity index (χ0n) is 14.4. The summed E-state index contributed by atoms with van der Waals surface area (Å²) < 4.78 is 0. The van der Waals surface area contributed by atoms with Crippen molar-refractivity contribution in [1.82, 2.24) is 15.2 Å². The summed E-state index contributed by atoms with van der Waals surface area (Å²) in [7, 11) is 0. The Balaban J connectivity index is 1.43. The molecule has 6 nitrogen and oxygen atoms in total. The Labute approximate surface area is 147 Å². The second-order valence-electron chi connectivity index (χ2n) is 6.59. The second kappa shape index (κ2) is 8.05. The van der Waals surface area contributed by atoms with Crippen LogP contribution in [0.2, 0.25) is 0 Å². The minimum Gasteiger partial charge on any atom is -0.481 e. The minimum atomic E-state index is -0.741. The maximum Gasteiger partial charge on any atom is 0.317 e. The highest BCUT2D eigenvalue weighted by molar-refractivity contribution is 5.85. The molecule has 0 radical (unpaired) electrons. The molecule has 0 aliphatic carbocycles. The van der Waals surface area contributed by atoms with Gasteiger partial charge in [0.25, 0.3) is 0 Å². The smallest absolute Gasteiger partial charge is 0.317 e. The summed E-state index contributed by atoms with van der Waals surface area (Å²) in [4.78, 5) is 28.0. The number of rotatable bonds is 7. The normalized spacial score (nSPS) is 13.7. The van der Waals surface area contributed by atoms with Crippen LogP contribution in [-0.2, 0) is 17.8 Å². The van der Waals surface area contributed by atoms with Gasteiger partial charge in [-0.25, -0.2) is 4.79 Å². The van der Waals surface area contributed by atoms with E-state index >= 15 is 0 Å². The standard InChI is InChI=1S/C19H25N3O3/c23-18(24)9-3-1-2-6-11-20-19(25)22-12-10-15-14-7-4-5-8-16(14)21-17(15)13-22/h4-5,7-8,21H,1-3,6,9-13H2,(H,20,25)(H,23,24). The molecular weight excluding hydrogens is 318 g/mol. The Bertz CT molecular complexity index is 753. The van der Waals surface area contributed by atoms with Crippen LogP contribution in [0.3, 0.4) is 0 Å². The molecule has 0 bridgehead atoms. The summed E-state index contributed by atoms with van der Waals surface area (Å²) >= 11 is 0. The predicted molar refractivity (Wildman–Crippen MR) is 96.5 cm³/mol. The number of aromatic amines is 1. The summed E-state index contributed by atoms with van der Waals surface area (Å²) in [5, 5.41) is 12.8. The van der Waals surface area contributed by atoms with Gasteiger partial charge in [-0.1, -0.05) is 31.0 Å². The van der Waals surface area contributed by atoms with Crippen molar-refractivity contribution in [1.29, 1.82) is 0 Å². The van der Waals surface area contributed by atoms with E-state index in [1.54, 1.807) is 0 Å². The number of carboxylic acid groups (broad SMARTS) is 1. The van der Waals surface area contributed by atoms with Crippen molar-refractivity contribution in [2.24, 2.45) is 0 Å². The lowest BCUT2D eigenvalue weighted by molar-refractivity contribution is -0.137. The van der Waals surface area contributed by atoms with E-state index in [1.807, 2.05) is 17.0 Å². The molecule has 1 aliphatic rings. The van der Waals surface area contributed by atoms with Gasteiger partial charge in [-0.3, -0.25) is 4.79 Å². The molecule has 2 aromatic rings. The highest BCUT2D eigenvalue weighted by Gasteiger charge is 2.23. The Morgan fingerprint density at radius 2 is 1.96 bits per heavy atom. The van der Waals surface area contributed by atoms with Crippen molar-refractivity contribution >= 4 is 22.9 Å². The molecule has 0 saturated heterocycles. The highest BCUT2D eigenvalue weighted by Crippen LogP contribution is 2.27. The lowest BCUT2D eigenvalue weighted by Crippen LogP contribution is -2.43. The van der Waals surface area contributed by atoms with E-state index < -0.39 is 5.97 Å². The fourth-order valence-corrected chi connectivity index (χ4v) is 3.43. The number of para-hydroxylation sites is 1. The van der Waals surface area contributed by atoms with E-state index in [-0.39, 0.29) is 12.5 Å². The third-order valence-corrected chi connectivity index (χ3v) is 4.76. The number of H-pyrrole nitrogens is 1. The number of fused-ring (bicyclic) bond motifs is 3. The number of carbonyl (C=O) groups excluding carboxylic acids is 1. The monoisotopic (exact) mass is 343 g/mol. The molecular formula is C19H25N3O3. The first-order chi connectivity index (χ1) is 12.1. The maximum atomic E-state index is 12.3. The number of amides is 2. The maximum absolute atomic E-state index is 12.3. The van der Waals surface area contributed by atoms with E-state index in [4.69, 9.17) is 5.11 Å². The Kier molecular flexibility index (Phi) is 5.58. The number of urea groups is 1. The van der Waals surface area contributed by atoms with Crippen LogP contribution in [-0.4, -0.2) is 40.1 Å². The quantitative estimate of drug-likeness (QED) is 0.675. The van der Waals surface area contributed by atoms with Gasteiger partial charge in [0.15, 0.2) is 0 Å². The van der Waals surface area contributed by atoms with E-state index in [2.05, 4.69) is 22.4 Å². The molecule has 0 unspecified atom stereocenters. The van der Waals surface area contributed by atoms with Gasteiger partial charge in [-0.05, 0) is 30.9 Å². The van der Waals surface area contributed by atoms with Crippen LogP contribution in [0.15, 0.2) is 24.3 Å². The number of benzene rings is 1. The first kappa shape index (κ1) is 17.3. The molecule has 1 aromatic heterocycles. The zero-order valence-corrected chi connectivity index (χ0v) is 14.4. The number of carbonyl (C=O) groups is 2. The van der Waals surface area contributed by atoms with Gasteiger partial charge in [0.2, 0.25) is 0 Å². The van der Waals surface area contributed by atoms with Crippen molar-refractivity contribution in [3.8, 4) is 0 Å². The number of carboxylic acids is 1. The Hall–Kier alpha value is -2.50.